The van der Waals surface area contributed by atoms with E-state index in [1.807, 2.05) is 97.9 Å². The Labute approximate surface area is 331 Å². The zero-order chi connectivity index (χ0) is 39.6. The zero-order valence-corrected chi connectivity index (χ0v) is 34.2. The van der Waals surface area contributed by atoms with Crippen LogP contribution in [-0.2, 0) is 0 Å². The largest absolute Gasteiger partial charge is 0.457 e. The number of benzene rings is 7. The van der Waals surface area contributed by atoms with E-state index in [2.05, 4.69) is 140 Å². The van der Waals surface area contributed by atoms with Crippen LogP contribution in [0.15, 0.2) is 176 Å². The molecule has 0 bridgehead atoms. The van der Waals surface area contributed by atoms with Gasteiger partial charge in [0, 0.05) is 34.1 Å². The summed E-state index contributed by atoms with van der Waals surface area (Å²) in [5.74, 6) is 4.25. The van der Waals surface area contributed by atoms with E-state index in [1.165, 1.54) is 50.1 Å². The Bertz CT molecular complexity index is 2060. The molecule has 0 N–H and O–H groups in total. The quantitative estimate of drug-likeness (QED) is 0.180. The molecule has 0 radical (unpaired) electrons. The first-order valence-corrected chi connectivity index (χ1v) is 20.2. The molecule has 7 aromatic carbocycles. The smallest absolute Gasteiger partial charge is 0.131 e. The summed E-state index contributed by atoms with van der Waals surface area (Å²) in [6.07, 6.45) is 0. The summed E-state index contributed by atoms with van der Waals surface area (Å²) in [6.45, 7) is 18.1. The fourth-order valence-corrected chi connectivity index (χ4v) is 6.80. The standard InChI is InChI=1S/C25H18O.C20H16O.4C2H6/c1-2-8-18(9-3-1)19-14-16-20(17-15-19)25-21-10-4-6-12-23(21)26-24-13-7-5-11-22(24)25;1-14-10-12-15(13-11-14)20-16-6-2-4-8-18(16)21-19-9-5-3-7-17(19)20;4*1-2/h1-17,25H;2-13,20H,1H3;4*1-2H3. The number of hydrogen-bond donors (Lipinski definition) is 0. The van der Waals surface area contributed by atoms with E-state index in [4.69, 9.17) is 9.47 Å². The molecule has 0 unspecified atom stereocenters. The lowest BCUT2D eigenvalue weighted by atomic mass is 9.82. The van der Waals surface area contributed by atoms with Crippen LogP contribution in [0.4, 0.5) is 0 Å². The van der Waals surface area contributed by atoms with Crippen molar-refractivity contribution in [1.29, 1.82) is 0 Å². The van der Waals surface area contributed by atoms with Gasteiger partial charge in [-0.25, -0.2) is 0 Å². The van der Waals surface area contributed by atoms with Gasteiger partial charge in [0.05, 0.1) is 0 Å². The van der Waals surface area contributed by atoms with Crippen molar-refractivity contribution in [3.63, 3.8) is 0 Å². The molecule has 0 aliphatic carbocycles. The summed E-state index contributed by atoms with van der Waals surface area (Å²) in [7, 11) is 0. The normalized spacial score (nSPS) is 11.5. The average molecular weight is 727 g/mol. The summed E-state index contributed by atoms with van der Waals surface area (Å²) >= 11 is 0. The van der Waals surface area contributed by atoms with Crippen LogP contribution in [0.2, 0.25) is 0 Å². The third-order valence-electron chi connectivity index (χ3n) is 9.12. The summed E-state index contributed by atoms with van der Waals surface area (Å²) in [4.78, 5) is 0. The van der Waals surface area contributed by atoms with Crippen molar-refractivity contribution >= 4 is 0 Å². The lowest BCUT2D eigenvalue weighted by Crippen LogP contribution is -2.11. The van der Waals surface area contributed by atoms with Gasteiger partial charge in [0.1, 0.15) is 23.0 Å². The molecule has 0 amide bonds. The van der Waals surface area contributed by atoms with Crippen molar-refractivity contribution in [3.05, 3.63) is 215 Å². The van der Waals surface area contributed by atoms with E-state index in [-0.39, 0.29) is 11.8 Å². The van der Waals surface area contributed by atoms with Gasteiger partial charge < -0.3 is 9.47 Å². The molecule has 2 heterocycles. The van der Waals surface area contributed by atoms with Gasteiger partial charge in [-0.3, -0.25) is 0 Å². The minimum Gasteiger partial charge on any atom is -0.457 e. The maximum atomic E-state index is 6.12. The van der Waals surface area contributed by atoms with Crippen LogP contribution in [0, 0.1) is 6.92 Å². The van der Waals surface area contributed by atoms with Gasteiger partial charge in [-0.1, -0.05) is 213 Å². The van der Waals surface area contributed by atoms with Gasteiger partial charge >= 0.3 is 0 Å². The van der Waals surface area contributed by atoms with Crippen LogP contribution in [0.5, 0.6) is 23.0 Å². The molecule has 2 aliphatic rings. The molecule has 2 nitrogen and oxygen atoms in total. The Morgan fingerprint density at radius 2 is 0.564 bits per heavy atom. The van der Waals surface area contributed by atoms with Crippen molar-refractivity contribution in [2.24, 2.45) is 0 Å². The number of hydrogen-bond acceptors (Lipinski definition) is 2. The summed E-state index contributed by atoms with van der Waals surface area (Å²) < 4.78 is 12.2. The molecule has 2 heteroatoms. The van der Waals surface area contributed by atoms with E-state index in [9.17, 15) is 0 Å². The minimum absolute atomic E-state index is 0.195. The van der Waals surface area contributed by atoms with Crippen molar-refractivity contribution in [2.45, 2.75) is 74.1 Å². The molecule has 0 saturated carbocycles. The van der Waals surface area contributed by atoms with Gasteiger partial charge in [-0.05, 0) is 53.4 Å². The van der Waals surface area contributed by atoms with Crippen LogP contribution in [0.3, 0.4) is 0 Å². The molecule has 2 aliphatic heterocycles. The fraction of sp³-hybridized carbons (Fsp3) is 0.208. The SMILES string of the molecule is CC.CC.CC.CC.Cc1ccc(C2c3ccccc3Oc3ccccc32)cc1.c1ccc(-c2ccc(C3c4ccccc4Oc4ccccc43)cc2)cc1. The van der Waals surface area contributed by atoms with E-state index >= 15 is 0 Å². The van der Waals surface area contributed by atoms with E-state index in [0.717, 1.165) is 23.0 Å². The maximum absolute atomic E-state index is 6.12. The predicted molar refractivity (Wildman–Crippen MR) is 236 cm³/mol. The Kier molecular flexibility index (Phi) is 16.6. The lowest BCUT2D eigenvalue weighted by molar-refractivity contribution is 0.452. The molecular formula is C53H58O2. The first kappa shape index (κ1) is 41.9. The first-order chi connectivity index (χ1) is 27.2. The van der Waals surface area contributed by atoms with Gasteiger partial charge in [-0.15, -0.1) is 0 Å². The van der Waals surface area contributed by atoms with Crippen LogP contribution in [0.25, 0.3) is 11.1 Å². The Morgan fingerprint density at radius 3 is 0.909 bits per heavy atom. The van der Waals surface area contributed by atoms with Crippen LogP contribution in [-0.4, -0.2) is 0 Å². The summed E-state index contributed by atoms with van der Waals surface area (Å²) in [5.41, 5.74) is 11.3. The molecule has 0 aromatic heterocycles. The second-order valence-corrected chi connectivity index (χ2v) is 12.1. The summed E-state index contributed by atoms with van der Waals surface area (Å²) in [5, 5.41) is 0. The van der Waals surface area contributed by atoms with E-state index < -0.39 is 0 Å². The topological polar surface area (TPSA) is 18.5 Å². The number of rotatable bonds is 3. The van der Waals surface area contributed by atoms with E-state index in [1.54, 1.807) is 0 Å². The first-order valence-electron chi connectivity index (χ1n) is 20.2. The van der Waals surface area contributed by atoms with Crippen LogP contribution in [0.1, 0.15) is 106 Å². The lowest BCUT2D eigenvalue weighted by Gasteiger charge is -2.28. The third-order valence-corrected chi connectivity index (χ3v) is 9.12. The van der Waals surface area contributed by atoms with Crippen LogP contribution >= 0.6 is 0 Å². The van der Waals surface area contributed by atoms with Gasteiger partial charge in [-0.2, -0.15) is 0 Å². The molecule has 282 valence electrons. The van der Waals surface area contributed by atoms with Crippen molar-refractivity contribution in [1.82, 2.24) is 0 Å². The number of fused-ring (bicyclic) bond motifs is 4. The molecule has 0 saturated heterocycles. The van der Waals surface area contributed by atoms with E-state index in [0.29, 0.717) is 0 Å². The van der Waals surface area contributed by atoms with Gasteiger partial charge in [0.15, 0.2) is 0 Å². The predicted octanol–water partition coefficient (Wildman–Crippen LogP) is 16.0. The number of para-hydroxylation sites is 4. The van der Waals surface area contributed by atoms with Crippen LogP contribution < -0.4 is 9.47 Å². The molecule has 0 fully saturated rings. The molecule has 0 atom stereocenters. The Morgan fingerprint density at radius 1 is 0.291 bits per heavy atom. The van der Waals surface area contributed by atoms with Crippen molar-refractivity contribution < 1.29 is 9.47 Å². The zero-order valence-electron chi connectivity index (χ0n) is 34.2. The Hall–Kier alpha value is -5.86. The van der Waals surface area contributed by atoms with Gasteiger partial charge in [0.25, 0.3) is 0 Å². The highest BCUT2D eigenvalue weighted by molar-refractivity contribution is 5.65. The van der Waals surface area contributed by atoms with Crippen molar-refractivity contribution in [3.8, 4) is 34.1 Å². The molecule has 7 aromatic rings. The highest BCUT2D eigenvalue weighted by atomic mass is 16.5. The Balaban J connectivity index is 0.000000211. The second kappa shape index (κ2) is 21.7. The second-order valence-electron chi connectivity index (χ2n) is 12.1. The minimum atomic E-state index is 0.195. The highest BCUT2D eigenvalue weighted by Crippen LogP contribution is 2.48. The number of aryl methyl sites for hydroxylation is 1. The number of ether oxygens (including phenoxy) is 2. The molecule has 0 spiro atoms. The molecular weight excluding hydrogens is 669 g/mol. The average Bonchev–Trinajstić information content (AvgIpc) is 3.28. The summed E-state index contributed by atoms with van der Waals surface area (Å²) in [6, 6.07) is 61.5. The molecule has 55 heavy (non-hydrogen) atoms. The highest BCUT2D eigenvalue weighted by Gasteiger charge is 2.29. The third kappa shape index (κ3) is 9.82. The fourth-order valence-electron chi connectivity index (χ4n) is 6.80. The molecule has 9 rings (SSSR count). The maximum Gasteiger partial charge on any atom is 0.131 e. The van der Waals surface area contributed by atoms with Crippen molar-refractivity contribution in [2.75, 3.05) is 0 Å². The monoisotopic (exact) mass is 726 g/mol. The van der Waals surface area contributed by atoms with Gasteiger partial charge in [0.2, 0.25) is 0 Å².